The maximum absolute atomic E-state index is 5.59. The van der Waals surface area contributed by atoms with Crippen molar-refractivity contribution in [2.45, 2.75) is 12.8 Å². The first-order chi connectivity index (χ1) is 7.42. The van der Waals surface area contributed by atoms with Gasteiger partial charge in [-0.1, -0.05) is 0 Å². The van der Waals surface area contributed by atoms with Crippen LogP contribution in [0.2, 0.25) is 0 Å². The van der Waals surface area contributed by atoms with Crippen LogP contribution in [0.15, 0.2) is 18.7 Å². The number of unbranched alkanes of at least 4 members (excludes halogenated alkanes) is 1. The largest absolute Gasteiger partial charge is 0.367 e. The second-order valence-electron chi connectivity index (χ2n) is 3.16. The van der Waals surface area contributed by atoms with Crippen LogP contribution in [0.1, 0.15) is 12.8 Å². The fourth-order valence-electron chi connectivity index (χ4n) is 1.31. The lowest BCUT2D eigenvalue weighted by Gasteiger charge is -2.04. The molecular weight excluding hydrogens is 214 g/mol. The van der Waals surface area contributed by atoms with E-state index in [1.54, 1.807) is 12.5 Å². The van der Waals surface area contributed by atoms with E-state index < -0.39 is 0 Å². The minimum Gasteiger partial charge on any atom is -0.367 e. The van der Waals surface area contributed by atoms with Crippen molar-refractivity contribution in [1.29, 1.82) is 0 Å². The van der Waals surface area contributed by atoms with E-state index in [9.17, 15) is 0 Å². The van der Waals surface area contributed by atoms with Crippen LogP contribution in [0.3, 0.4) is 0 Å². The number of alkyl halides is 1. The van der Waals surface area contributed by atoms with Crippen molar-refractivity contribution in [2.75, 3.05) is 17.7 Å². The molecule has 1 N–H and O–H groups in total. The third-order valence-electron chi connectivity index (χ3n) is 2.07. The Labute approximate surface area is 92.5 Å². The molecule has 2 heterocycles. The quantitative estimate of drug-likeness (QED) is 0.620. The summed E-state index contributed by atoms with van der Waals surface area (Å²) in [5, 5.41) is 11.0. The third-order valence-corrected chi connectivity index (χ3v) is 2.34. The summed E-state index contributed by atoms with van der Waals surface area (Å²) in [4.78, 5) is 4.21. The van der Waals surface area contributed by atoms with E-state index in [1.165, 1.54) is 0 Å². The van der Waals surface area contributed by atoms with Gasteiger partial charge in [0.1, 0.15) is 6.33 Å². The Balaban J connectivity index is 2.04. The summed E-state index contributed by atoms with van der Waals surface area (Å²) in [6, 6.07) is 0. The number of nitrogens with one attached hydrogen (secondary N) is 1. The van der Waals surface area contributed by atoms with Crippen LogP contribution in [0.25, 0.3) is 5.65 Å². The molecule has 15 heavy (non-hydrogen) atoms. The van der Waals surface area contributed by atoms with E-state index in [2.05, 4.69) is 20.5 Å². The van der Waals surface area contributed by atoms with Gasteiger partial charge >= 0.3 is 0 Å². The topological polar surface area (TPSA) is 55.1 Å². The average molecular weight is 226 g/mol. The van der Waals surface area contributed by atoms with Gasteiger partial charge in [-0.3, -0.25) is 4.40 Å². The number of anilines is 1. The Bertz CT molecular complexity index is 427. The van der Waals surface area contributed by atoms with Crippen LogP contribution in [-0.4, -0.2) is 32.0 Å². The van der Waals surface area contributed by atoms with Crippen LogP contribution in [0.4, 0.5) is 5.82 Å². The van der Waals surface area contributed by atoms with Gasteiger partial charge in [-0.05, 0) is 12.8 Å². The molecule has 0 saturated carbocycles. The zero-order chi connectivity index (χ0) is 10.5. The third kappa shape index (κ3) is 2.36. The molecule has 2 aromatic rings. The molecule has 0 fully saturated rings. The monoisotopic (exact) mass is 225 g/mol. The van der Waals surface area contributed by atoms with Crippen LogP contribution >= 0.6 is 11.6 Å². The lowest BCUT2D eigenvalue weighted by Crippen LogP contribution is -2.05. The number of halogens is 1. The first-order valence-corrected chi connectivity index (χ1v) is 5.39. The number of hydrogen-bond donors (Lipinski definition) is 1. The Kier molecular flexibility index (Phi) is 3.34. The molecule has 0 bridgehead atoms. The molecule has 0 aliphatic rings. The molecule has 0 unspecified atom stereocenters. The van der Waals surface area contributed by atoms with E-state index in [0.29, 0.717) is 5.88 Å². The molecule has 2 rings (SSSR count). The van der Waals surface area contributed by atoms with Gasteiger partial charge in [0, 0.05) is 24.8 Å². The molecule has 0 atom stereocenters. The zero-order valence-electron chi connectivity index (χ0n) is 8.23. The maximum atomic E-state index is 5.59. The molecule has 80 valence electrons. The molecular formula is C9H12ClN5. The Hall–Kier alpha value is -1.36. The first-order valence-electron chi connectivity index (χ1n) is 4.86. The first kappa shape index (κ1) is 10.2. The molecule has 0 aromatic carbocycles. The van der Waals surface area contributed by atoms with Crippen molar-refractivity contribution >= 4 is 23.1 Å². The average Bonchev–Trinajstić information content (AvgIpc) is 2.73. The second kappa shape index (κ2) is 4.93. The summed E-state index contributed by atoms with van der Waals surface area (Å²) in [6.45, 7) is 0.853. The minimum absolute atomic E-state index is 0.699. The van der Waals surface area contributed by atoms with Crippen molar-refractivity contribution in [3.63, 3.8) is 0 Å². The predicted octanol–water partition coefficient (Wildman–Crippen LogP) is 1.56. The number of fused-ring (bicyclic) bond motifs is 1. The highest BCUT2D eigenvalue weighted by Gasteiger charge is 2.02. The molecule has 0 amide bonds. The van der Waals surface area contributed by atoms with E-state index in [-0.39, 0.29) is 0 Å². The molecule has 0 aliphatic carbocycles. The Morgan fingerprint density at radius 3 is 3.20 bits per heavy atom. The zero-order valence-corrected chi connectivity index (χ0v) is 8.98. The lowest BCUT2D eigenvalue weighted by molar-refractivity contribution is 0.835. The Morgan fingerprint density at radius 1 is 1.40 bits per heavy atom. The molecule has 0 radical (unpaired) electrons. The minimum atomic E-state index is 0.699. The molecule has 0 spiro atoms. The highest BCUT2D eigenvalue weighted by molar-refractivity contribution is 6.17. The molecule has 5 nitrogen and oxygen atoms in total. The number of nitrogens with zero attached hydrogens (tertiary/aromatic N) is 4. The van der Waals surface area contributed by atoms with Gasteiger partial charge in [-0.2, -0.15) is 0 Å². The van der Waals surface area contributed by atoms with Gasteiger partial charge in [-0.15, -0.1) is 21.8 Å². The van der Waals surface area contributed by atoms with Crippen LogP contribution in [-0.2, 0) is 0 Å². The predicted molar refractivity (Wildman–Crippen MR) is 59.2 cm³/mol. The van der Waals surface area contributed by atoms with Crippen molar-refractivity contribution in [2.24, 2.45) is 0 Å². The summed E-state index contributed by atoms with van der Waals surface area (Å²) in [5.41, 5.74) is 0.753. The molecule has 0 saturated heterocycles. The number of rotatable bonds is 5. The van der Waals surface area contributed by atoms with Gasteiger partial charge in [0.15, 0.2) is 5.82 Å². The molecule has 2 aromatic heterocycles. The smallest absolute Gasteiger partial charge is 0.203 e. The number of hydrogen-bond acceptors (Lipinski definition) is 4. The van der Waals surface area contributed by atoms with E-state index in [4.69, 9.17) is 11.6 Å². The fourth-order valence-corrected chi connectivity index (χ4v) is 1.50. The lowest BCUT2D eigenvalue weighted by atomic mass is 10.3. The SMILES string of the molecule is ClCCCCNc1nccn2cnnc12. The summed E-state index contributed by atoms with van der Waals surface area (Å²) >= 11 is 5.59. The van der Waals surface area contributed by atoms with Crippen LogP contribution in [0.5, 0.6) is 0 Å². The van der Waals surface area contributed by atoms with E-state index >= 15 is 0 Å². The summed E-state index contributed by atoms with van der Waals surface area (Å²) in [5.74, 6) is 1.47. The van der Waals surface area contributed by atoms with Crippen LogP contribution < -0.4 is 5.32 Å². The van der Waals surface area contributed by atoms with Gasteiger partial charge in [0.05, 0.1) is 0 Å². The molecule has 0 aliphatic heterocycles. The normalized spacial score (nSPS) is 10.7. The van der Waals surface area contributed by atoms with E-state index in [0.717, 1.165) is 30.9 Å². The standard InChI is InChI=1S/C9H12ClN5/c10-3-1-2-4-11-8-9-14-13-7-15(9)6-5-12-8/h5-7H,1-4H2,(H,11,12). The summed E-state index contributed by atoms with van der Waals surface area (Å²) in [7, 11) is 0. The van der Waals surface area contributed by atoms with Crippen LogP contribution in [0, 0.1) is 0 Å². The van der Waals surface area contributed by atoms with Crippen molar-refractivity contribution in [3.8, 4) is 0 Å². The fraction of sp³-hybridized carbons (Fsp3) is 0.444. The highest BCUT2D eigenvalue weighted by atomic mass is 35.5. The van der Waals surface area contributed by atoms with E-state index in [1.807, 2.05) is 10.6 Å². The van der Waals surface area contributed by atoms with Gasteiger partial charge in [0.25, 0.3) is 0 Å². The second-order valence-corrected chi connectivity index (χ2v) is 3.54. The van der Waals surface area contributed by atoms with Gasteiger partial charge in [-0.25, -0.2) is 4.98 Å². The van der Waals surface area contributed by atoms with Crippen molar-refractivity contribution in [1.82, 2.24) is 19.6 Å². The van der Waals surface area contributed by atoms with Gasteiger partial charge < -0.3 is 5.32 Å². The summed E-state index contributed by atoms with van der Waals surface area (Å²) in [6.07, 6.45) is 7.23. The molecule has 6 heteroatoms. The number of aromatic nitrogens is 4. The van der Waals surface area contributed by atoms with Gasteiger partial charge in [0.2, 0.25) is 5.65 Å². The Morgan fingerprint density at radius 2 is 2.33 bits per heavy atom. The van der Waals surface area contributed by atoms with Crippen molar-refractivity contribution < 1.29 is 0 Å². The maximum Gasteiger partial charge on any atom is 0.203 e. The summed E-state index contributed by atoms with van der Waals surface area (Å²) < 4.78 is 1.83. The van der Waals surface area contributed by atoms with Crippen molar-refractivity contribution in [3.05, 3.63) is 18.7 Å². The highest BCUT2D eigenvalue weighted by Crippen LogP contribution is 2.09.